The number of carbonyl (C=O) groups excluding carboxylic acids is 1. The SMILES string of the molecule is Cn1ccnc1Sc1ccc(NC(=O)c2nccnc2-c2nc3ccccc3s2)cc1. The van der Waals surface area contributed by atoms with E-state index < -0.39 is 0 Å². The average Bonchev–Trinajstić information content (AvgIpc) is 3.41. The molecule has 0 bridgehead atoms. The predicted octanol–water partition coefficient (Wildman–Crippen LogP) is 4.89. The number of rotatable bonds is 5. The van der Waals surface area contributed by atoms with Crippen molar-refractivity contribution in [3.8, 4) is 10.7 Å². The van der Waals surface area contributed by atoms with Crippen LogP contribution < -0.4 is 5.32 Å². The Kier molecular flexibility index (Phi) is 5.19. The molecular weight excluding hydrogens is 428 g/mol. The van der Waals surface area contributed by atoms with Gasteiger partial charge in [0.2, 0.25) is 0 Å². The van der Waals surface area contributed by atoms with Crippen molar-refractivity contribution in [1.29, 1.82) is 0 Å². The Labute approximate surface area is 186 Å². The minimum atomic E-state index is -0.327. The van der Waals surface area contributed by atoms with Gasteiger partial charge in [-0.15, -0.1) is 11.3 Å². The van der Waals surface area contributed by atoms with Crippen LogP contribution in [-0.2, 0) is 7.05 Å². The van der Waals surface area contributed by atoms with Crippen molar-refractivity contribution in [1.82, 2.24) is 24.5 Å². The van der Waals surface area contributed by atoms with Crippen LogP contribution in [0.15, 0.2) is 83.4 Å². The molecule has 3 aromatic heterocycles. The van der Waals surface area contributed by atoms with E-state index in [-0.39, 0.29) is 11.6 Å². The van der Waals surface area contributed by atoms with Crippen molar-refractivity contribution < 1.29 is 4.79 Å². The lowest BCUT2D eigenvalue weighted by atomic mass is 10.2. The van der Waals surface area contributed by atoms with E-state index in [1.54, 1.807) is 24.2 Å². The third kappa shape index (κ3) is 4.05. The molecule has 31 heavy (non-hydrogen) atoms. The Bertz CT molecular complexity index is 1340. The summed E-state index contributed by atoms with van der Waals surface area (Å²) in [5, 5.41) is 4.47. The normalized spacial score (nSPS) is 11.0. The number of benzene rings is 2. The summed E-state index contributed by atoms with van der Waals surface area (Å²) in [5.41, 5.74) is 2.27. The Morgan fingerprint density at radius 1 is 1.00 bits per heavy atom. The number of imidazole rings is 1. The molecule has 0 spiro atoms. The monoisotopic (exact) mass is 444 g/mol. The third-order valence-corrected chi connectivity index (χ3v) is 6.64. The first kappa shape index (κ1) is 19.4. The molecule has 0 aliphatic heterocycles. The predicted molar refractivity (Wildman–Crippen MR) is 122 cm³/mol. The Balaban J connectivity index is 1.37. The van der Waals surface area contributed by atoms with Gasteiger partial charge in [0.05, 0.1) is 10.2 Å². The highest BCUT2D eigenvalue weighted by Crippen LogP contribution is 2.31. The zero-order valence-electron chi connectivity index (χ0n) is 16.4. The minimum Gasteiger partial charge on any atom is -0.329 e. The van der Waals surface area contributed by atoms with Gasteiger partial charge in [0.15, 0.2) is 10.9 Å². The van der Waals surface area contributed by atoms with Gasteiger partial charge in [-0.2, -0.15) is 0 Å². The summed E-state index contributed by atoms with van der Waals surface area (Å²) in [6, 6.07) is 15.4. The van der Waals surface area contributed by atoms with Crippen LogP contribution in [0.4, 0.5) is 5.69 Å². The average molecular weight is 445 g/mol. The van der Waals surface area contributed by atoms with Crippen LogP contribution in [-0.4, -0.2) is 30.4 Å². The quantitative estimate of drug-likeness (QED) is 0.415. The lowest BCUT2D eigenvalue weighted by molar-refractivity contribution is 0.102. The molecule has 152 valence electrons. The largest absolute Gasteiger partial charge is 0.329 e. The molecule has 0 saturated carbocycles. The zero-order chi connectivity index (χ0) is 21.2. The Hall–Kier alpha value is -3.56. The summed E-state index contributed by atoms with van der Waals surface area (Å²) < 4.78 is 2.99. The fourth-order valence-electron chi connectivity index (χ4n) is 2.99. The number of para-hydroxylation sites is 1. The molecule has 1 N–H and O–H groups in total. The first-order chi connectivity index (χ1) is 15.2. The highest BCUT2D eigenvalue weighted by Gasteiger charge is 2.19. The van der Waals surface area contributed by atoms with Gasteiger partial charge in [-0.25, -0.2) is 19.9 Å². The molecule has 1 amide bonds. The van der Waals surface area contributed by atoms with E-state index in [4.69, 9.17) is 0 Å². The molecule has 0 atom stereocenters. The molecule has 0 aliphatic carbocycles. The number of fused-ring (bicyclic) bond motifs is 1. The molecule has 0 aliphatic rings. The van der Waals surface area contributed by atoms with Crippen molar-refractivity contribution in [2.75, 3.05) is 5.32 Å². The van der Waals surface area contributed by atoms with E-state index in [9.17, 15) is 4.79 Å². The van der Waals surface area contributed by atoms with Crippen LogP contribution >= 0.6 is 23.1 Å². The molecule has 0 saturated heterocycles. The number of carbonyl (C=O) groups is 1. The molecule has 5 rings (SSSR count). The third-order valence-electron chi connectivity index (χ3n) is 4.51. The number of amides is 1. The minimum absolute atomic E-state index is 0.244. The molecule has 7 nitrogen and oxygen atoms in total. The number of nitrogens with zero attached hydrogens (tertiary/aromatic N) is 5. The maximum atomic E-state index is 13.0. The topological polar surface area (TPSA) is 85.6 Å². The standard InChI is InChI=1S/C22H16N6OS2/c1-28-13-12-25-22(28)30-15-8-6-14(7-9-15)26-20(29)18-19(24-11-10-23-18)21-27-16-4-2-3-5-17(16)31-21/h2-13H,1H3,(H,26,29). The molecule has 3 heterocycles. The van der Waals surface area contributed by atoms with E-state index in [0.29, 0.717) is 16.4 Å². The summed E-state index contributed by atoms with van der Waals surface area (Å²) in [4.78, 5) is 31.6. The number of anilines is 1. The van der Waals surface area contributed by atoms with Crippen molar-refractivity contribution >= 4 is 44.9 Å². The van der Waals surface area contributed by atoms with Gasteiger partial charge >= 0.3 is 0 Å². The molecule has 0 unspecified atom stereocenters. The maximum Gasteiger partial charge on any atom is 0.276 e. The first-order valence-corrected chi connectivity index (χ1v) is 11.0. The summed E-state index contributed by atoms with van der Waals surface area (Å²) in [6.45, 7) is 0. The van der Waals surface area contributed by atoms with Gasteiger partial charge in [0.1, 0.15) is 10.7 Å². The summed E-state index contributed by atoms with van der Waals surface area (Å²) in [6.07, 6.45) is 6.75. The van der Waals surface area contributed by atoms with Gasteiger partial charge in [-0.05, 0) is 36.4 Å². The second-order valence-electron chi connectivity index (χ2n) is 6.64. The van der Waals surface area contributed by atoms with E-state index in [1.165, 1.54) is 17.5 Å². The fraction of sp³-hybridized carbons (Fsp3) is 0.0455. The van der Waals surface area contributed by atoms with Crippen LogP contribution in [0.1, 0.15) is 10.5 Å². The lowest BCUT2D eigenvalue weighted by Gasteiger charge is -2.08. The molecule has 0 radical (unpaired) electrons. The van der Waals surface area contributed by atoms with Gasteiger partial charge in [0.25, 0.3) is 5.91 Å². The molecule has 2 aromatic carbocycles. The van der Waals surface area contributed by atoms with E-state index in [0.717, 1.165) is 20.3 Å². The van der Waals surface area contributed by atoms with Crippen molar-refractivity contribution in [2.45, 2.75) is 10.1 Å². The van der Waals surface area contributed by atoms with Crippen LogP contribution in [0.2, 0.25) is 0 Å². The molecule has 0 fully saturated rings. The van der Waals surface area contributed by atoms with E-state index in [1.807, 2.05) is 66.3 Å². The van der Waals surface area contributed by atoms with Gasteiger partial charge in [0, 0.05) is 42.4 Å². The van der Waals surface area contributed by atoms with Crippen molar-refractivity contribution in [3.63, 3.8) is 0 Å². The van der Waals surface area contributed by atoms with Crippen LogP contribution in [0.25, 0.3) is 20.9 Å². The van der Waals surface area contributed by atoms with Crippen LogP contribution in [0.3, 0.4) is 0 Å². The maximum absolute atomic E-state index is 13.0. The summed E-state index contributed by atoms with van der Waals surface area (Å²) in [7, 11) is 1.95. The van der Waals surface area contributed by atoms with E-state index in [2.05, 4.69) is 25.3 Å². The number of aromatic nitrogens is 5. The van der Waals surface area contributed by atoms with Gasteiger partial charge < -0.3 is 9.88 Å². The highest BCUT2D eigenvalue weighted by molar-refractivity contribution is 7.99. The van der Waals surface area contributed by atoms with Gasteiger partial charge in [-0.3, -0.25) is 4.79 Å². The summed E-state index contributed by atoms with van der Waals surface area (Å²) >= 11 is 3.05. The van der Waals surface area contributed by atoms with Crippen LogP contribution in [0.5, 0.6) is 0 Å². The smallest absolute Gasteiger partial charge is 0.276 e. The molecule has 9 heteroatoms. The highest BCUT2D eigenvalue weighted by atomic mass is 32.2. The van der Waals surface area contributed by atoms with E-state index >= 15 is 0 Å². The summed E-state index contributed by atoms with van der Waals surface area (Å²) in [5.74, 6) is -0.327. The Morgan fingerprint density at radius 3 is 2.58 bits per heavy atom. The number of aryl methyl sites for hydroxylation is 1. The number of thiazole rings is 1. The fourth-order valence-corrected chi connectivity index (χ4v) is 4.75. The van der Waals surface area contributed by atoms with Crippen LogP contribution in [0, 0.1) is 0 Å². The number of nitrogens with one attached hydrogen (secondary N) is 1. The lowest BCUT2D eigenvalue weighted by Crippen LogP contribution is -2.15. The molecule has 5 aromatic rings. The number of hydrogen-bond acceptors (Lipinski definition) is 7. The van der Waals surface area contributed by atoms with Gasteiger partial charge in [-0.1, -0.05) is 23.9 Å². The zero-order valence-corrected chi connectivity index (χ0v) is 18.0. The second-order valence-corrected chi connectivity index (χ2v) is 8.71. The van der Waals surface area contributed by atoms with Crippen molar-refractivity contribution in [3.05, 3.63) is 79.0 Å². The Morgan fingerprint density at radius 2 is 1.81 bits per heavy atom. The second kappa shape index (κ2) is 8.29. The van der Waals surface area contributed by atoms with Crippen molar-refractivity contribution in [2.24, 2.45) is 7.05 Å². The molecular formula is C22H16N6OS2. The number of hydrogen-bond donors (Lipinski definition) is 1. The first-order valence-electron chi connectivity index (χ1n) is 9.41.